The second-order valence-electron chi connectivity index (χ2n) is 9.51. The lowest BCUT2D eigenvalue weighted by atomic mass is 10.1. The van der Waals surface area contributed by atoms with Crippen molar-refractivity contribution in [3.63, 3.8) is 0 Å². The first kappa shape index (κ1) is 26.4. The Hall–Kier alpha value is -4.16. The maximum absolute atomic E-state index is 14.7. The molecule has 39 heavy (non-hydrogen) atoms. The number of rotatable bonds is 6. The molecule has 0 radical (unpaired) electrons. The molecule has 1 fully saturated rings. The molecule has 0 saturated carbocycles. The van der Waals surface area contributed by atoms with Gasteiger partial charge in [-0.3, -0.25) is 14.3 Å². The van der Waals surface area contributed by atoms with Gasteiger partial charge in [0.05, 0.1) is 6.20 Å². The zero-order chi connectivity index (χ0) is 27.7. The van der Waals surface area contributed by atoms with Crippen LogP contribution >= 0.6 is 0 Å². The quantitative estimate of drug-likeness (QED) is 0.379. The molecule has 0 spiro atoms. The summed E-state index contributed by atoms with van der Waals surface area (Å²) in [5, 5.41) is 11.4. The molecule has 202 valence electrons. The lowest BCUT2D eigenvalue weighted by Gasteiger charge is -2.31. The third-order valence-electron chi connectivity index (χ3n) is 6.67. The summed E-state index contributed by atoms with van der Waals surface area (Å²) in [4.78, 5) is 28.0. The third-order valence-corrected chi connectivity index (χ3v) is 8.59. The maximum atomic E-state index is 14.7. The summed E-state index contributed by atoms with van der Waals surface area (Å²) in [6, 6.07) is 10.7. The van der Waals surface area contributed by atoms with E-state index in [9.17, 15) is 22.4 Å². The number of hydrogen-bond acceptors (Lipinski definition) is 6. The highest BCUT2D eigenvalue weighted by Gasteiger charge is 2.32. The van der Waals surface area contributed by atoms with Gasteiger partial charge in [-0.15, -0.1) is 0 Å². The van der Waals surface area contributed by atoms with Gasteiger partial charge < -0.3 is 10.6 Å². The van der Waals surface area contributed by atoms with Crippen LogP contribution in [0.3, 0.4) is 0 Å². The van der Waals surface area contributed by atoms with E-state index in [1.807, 2.05) is 31.4 Å². The summed E-state index contributed by atoms with van der Waals surface area (Å²) in [6.07, 6.45) is 6.11. The minimum atomic E-state index is -4.19. The number of halogens is 1. The van der Waals surface area contributed by atoms with E-state index in [2.05, 4.69) is 20.7 Å². The Kier molecular flexibility index (Phi) is 7.15. The molecule has 2 N–H and O–H groups in total. The fourth-order valence-electron chi connectivity index (χ4n) is 4.66. The van der Waals surface area contributed by atoms with Crippen molar-refractivity contribution in [2.45, 2.75) is 30.7 Å². The fraction of sp³-hybridized carbons (Fsp3) is 0.259. The van der Waals surface area contributed by atoms with Gasteiger partial charge in [0.15, 0.2) is 0 Å². The average molecular weight is 551 g/mol. The number of aryl methyl sites for hydroxylation is 1. The standard InChI is InChI=1S/C27H27FN6O4S/c1-17(35)31-23-7-9-34(10-8-23)39(37,38)25-12-19(5-6-24(25)28)27(36)32-26-13-21-11-18(3-4-20(21)14-29-26)22-15-30-33(2)16-22/h3-6,11-16,23H,7-10H2,1-2H3,(H,31,35)(H,29,32,36). The molecule has 12 heteroatoms. The van der Waals surface area contributed by atoms with Crippen LogP contribution in [0, 0.1) is 5.82 Å². The number of aromatic nitrogens is 3. The molecule has 0 bridgehead atoms. The first-order chi connectivity index (χ1) is 18.6. The summed E-state index contributed by atoms with van der Waals surface area (Å²) in [5.41, 5.74) is 1.88. The van der Waals surface area contributed by atoms with E-state index < -0.39 is 26.6 Å². The lowest BCUT2D eigenvalue weighted by Crippen LogP contribution is -2.46. The van der Waals surface area contributed by atoms with Gasteiger partial charge in [-0.05, 0) is 54.1 Å². The number of amides is 2. The fourth-order valence-corrected chi connectivity index (χ4v) is 6.22. The average Bonchev–Trinajstić information content (AvgIpc) is 3.34. The Labute approximate surface area is 224 Å². The van der Waals surface area contributed by atoms with Gasteiger partial charge in [0.1, 0.15) is 16.5 Å². The van der Waals surface area contributed by atoms with Gasteiger partial charge in [0.25, 0.3) is 5.91 Å². The molecule has 2 amide bonds. The number of piperidine rings is 1. The van der Waals surface area contributed by atoms with E-state index in [1.165, 1.54) is 17.3 Å². The second-order valence-corrected chi connectivity index (χ2v) is 11.4. The molecule has 0 aliphatic carbocycles. The van der Waals surface area contributed by atoms with Gasteiger partial charge in [-0.2, -0.15) is 9.40 Å². The zero-order valence-corrected chi connectivity index (χ0v) is 22.2. The van der Waals surface area contributed by atoms with Crippen molar-refractivity contribution < 1.29 is 22.4 Å². The number of benzene rings is 2. The van der Waals surface area contributed by atoms with E-state index in [4.69, 9.17) is 0 Å². The molecule has 4 aromatic rings. The largest absolute Gasteiger partial charge is 0.354 e. The van der Waals surface area contributed by atoms with Crippen molar-refractivity contribution in [1.82, 2.24) is 24.4 Å². The van der Waals surface area contributed by atoms with Crippen LogP contribution in [0.4, 0.5) is 10.2 Å². The highest BCUT2D eigenvalue weighted by Crippen LogP contribution is 2.27. The summed E-state index contributed by atoms with van der Waals surface area (Å²) < 4.78 is 44.0. The van der Waals surface area contributed by atoms with Crippen molar-refractivity contribution >= 4 is 38.4 Å². The summed E-state index contributed by atoms with van der Waals surface area (Å²) in [6.45, 7) is 1.67. The SMILES string of the molecule is CC(=O)NC1CCN(S(=O)(=O)c2cc(C(=O)Nc3cc4cc(-c5cnn(C)c5)ccc4cn3)ccc2F)CC1. The van der Waals surface area contributed by atoms with E-state index in [0.717, 1.165) is 34.0 Å². The Morgan fingerprint density at radius 2 is 1.77 bits per heavy atom. The highest BCUT2D eigenvalue weighted by molar-refractivity contribution is 7.89. The lowest BCUT2D eigenvalue weighted by molar-refractivity contribution is -0.119. The topological polar surface area (TPSA) is 126 Å². The number of sulfonamides is 1. The summed E-state index contributed by atoms with van der Waals surface area (Å²) >= 11 is 0. The maximum Gasteiger partial charge on any atom is 0.256 e. The number of carbonyl (C=O) groups excluding carboxylic acids is 2. The Morgan fingerprint density at radius 1 is 1.00 bits per heavy atom. The van der Waals surface area contributed by atoms with Crippen molar-refractivity contribution in [2.24, 2.45) is 7.05 Å². The van der Waals surface area contributed by atoms with Gasteiger partial charge in [-0.1, -0.05) is 12.1 Å². The monoisotopic (exact) mass is 550 g/mol. The zero-order valence-electron chi connectivity index (χ0n) is 21.4. The minimum absolute atomic E-state index is 0.0193. The molecule has 0 atom stereocenters. The van der Waals surface area contributed by atoms with Crippen LogP contribution in [0.25, 0.3) is 21.9 Å². The highest BCUT2D eigenvalue weighted by atomic mass is 32.2. The predicted molar refractivity (Wildman–Crippen MR) is 144 cm³/mol. The Balaban J connectivity index is 1.35. The molecule has 2 aromatic heterocycles. The van der Waals surface area contributed by atoms with E-state index >= 15 is 0 Å². The van der Waals surface area contributed by atoms with Gasteiger partial charge in [-0.25, -0.2) is 17.8 Å². The van der Waals surface area contributed by atoms with Gasteiger partial charge in [0, 0.05) is 62.0 Å². The molecule has 1 saturated heterocycles. The first-order valence-electron chi connectivity index (χ1n) is 12.4. The molecular weight excluding hydrogens is 523 g/mol. The van der Waals surface area contributed by atoms with Gasteiger partial charge >= 0.3 is 0 Å². The van der Waals surface area contributed by atoms with Gasteiger partial charge in [0.2, 0.25) is 15.9 Å². The van der Waals surface area contributed by atoms with Crippen LogP contribution in [-0.2, 0) is 21.9 Å². The smallest absolute Gasteiger partial charge is 0.256 e. The molecular formula is C27H27FN6O4S. The number of carbonyl (C=O) groups is 2. The molecule has 2 aromatic carbocycles. The Bertz CT molecular complexity index is 1680. The summed E-state index contributed by atoms with van der Waals surface area (Å²) in [5.74, 6) is -1.48. The normalized spacial score (nSPS) is 14.8. The molecule has 1 aliphatic heterocycles. The molecule has 1 aliphatic rings. The first-order valence-corrected chi connectivity index (χ1v) is 13.8. The molecule has 5 rings (SSSR count). The number of nitrogens with one attached hydrogen (secondary N) is 2. The van der Waals surface area contributed by atoms with Crippen molar-refractivity contribution in [1.29, 1.82) is 0 Å². The van der Waals surface area contributed by atoms with E-state index in [0.29, 0.717) is 12.8 Å². The second kappa shape index (κ2) is 10.5. The summed E-state index contributed by atoms with van der Waals surface area (Å²) in [7, 11) is -2.35. The number of fused-ring (bicyclic) bond motifs is 1. The number of hydrogen-bond donors (Lipinski definition) is 2. The minimum Gasteiger partial charge on any atom is -0.354 e. The van der Waals surface area contributed by atoms with Crippen LogP contribution in [0.2, 0.25) is 0 Å². The predicted octanol–water partition coefficient (Wildman–Crippen LogP) is 3.32. The van der Waals surface area contributed by atoms with Crippen LogP contribution in [0.5, 0.6) is 0 Å². The third kappa shape index (κ3) is 5.66. The van der Waals surface area contributed by atoms with Crippen LogP contribution < -0.4 is 10.6 Å². The molecule has 0 unspecified atom stereocenters. The Morgan fingerprint density at radius 3 is 2.46 bits per heavy atom. The number of anilines is 1. The number of pyridine rings is 1. The van der Waals surface area contributed by atoms with Crippen molar-refractivity contribution in [3.05, 3.63) is 72.4 Å². The van der Waals surface area contributed by atoms with E-state index in [-0.39, 0.29) is 36.4 Å². The van der Waals surface area contributed by atoms with Crippen molar-refractivity contribution in [3.8, 4) is 11.1 Å². The van der Waals surface area contributed by atoms with Crippen molar-refractivity contribution in [2.75, 3.05) is 18.4 Å². The van der Waals surface area contributed by atoms with E-state index in [1.54, 1.807) is 23.1 Å². The molecule has 3 heterocycles. The molecule has 10 nitrogen and oxygen atoms in total. The van der Waals surface area contributed by atoms with Crippen LogP contribution in [0.15, 0.2) is 66.0 Å². The van der Waals surface area contributed by atoms with Crippen LogP contribution in [0.1, 0.15) is 30.1 Å². The number of nitrogens with zero attached hydrogens (tertiary/aromatic N) is 4. The van der Waals surface area contributed by atoms with Crippen LogP contribution in [-0.4, -0.2) is 58.4 Å².